The van der Waals surface area contributed by atoms with Crippen LogP contribution in [0.15, 0.2) is 47.4 Å². The molecular formula is C22H25ClN2O5S. The lowest BCUT2D eigenvalue weighted by molar-refractivity contribution is -0.152. The molecule has 7 nitrogen and oxygen atoms in total. The van der Waals surface area contributed by atoms with Crippen molar-refractivity contribution < 1.29 is 22.7 Å². The molecule has 0 saturated carbocycles. The van der Waals surface area contributed by atoms with E-state index in [1.807, 2.05) is 32.0 Å². The summed E-state index contributed by atoms with van der Waals surface area (Å²) in [7, 11) is -3.74. The summed E-state index contributed by atoms with van der Waals surface area (Å²) >= 11 is 5.84. The molecule has 166 valence electrons. The quantitative estimate of drug-likeness (QED) is 0.660. The van der Waals surface area contributed by atoms with Crippen LogP contribution in [0.4, 0.5) is 5.69 Å². The number of amides is 1. The monoisotopic (exact) mass is 464 g/mol. The summed E-state index contributed by atoms with van der Waals surface area (Å²) in [4.78, 5) is 24.8. The number of carbonyl (C=O) groups is 2. The van der Waals surface area contributed by atoms with E-state index in [9.17, 15) is 18.0 Å². The summed E-state index contributed by atoms with van der Waals surface area (Å²) in [5.74, 6) is -1.64. The van der Waals surface area contributed by atoms with Crippen molar-refractivity contribution >= 4 is 39.2 Å². The first-order valence-electron chi connectivity index (χ1n) is 9.96. The average Bonchev–Trinajstić information content (AvgIpc) is 2.75. The van der Waals surface area contributed by atoms with Gasteiger partial charge in [-0.2, -0.15) is 4.31 Å². The minimum atomic E-state index is -3.74. The van der Waals surface area contributed by atoms with Crippen LogP contribution in [0.1, 0.15) is 24.0 Å². The van der Waals surface area contributed by atoms with E-state index >= 15 is 0 Å². The zero-order valence-electron chi connectivity index (χ0n) is 17.4. The van der Waals surface area contributed by atoms with Gasteiger partial charge >= 0.3 is 5.97 Å². The van der Waals surface area contributed by atoms with Gasteiger partial charge in [0.25, 0.3) is 5.91 Å². The van der Waals surface area contributed by atoms with Gasteiger partial charge in [-0.05, 0) is 68.1 Å². The lowest BCUT2D eigenvalue weighted by Crippen LogP contribution is -2.43. The molecule has 1 N–H and O–H groups in total. The molecule has 1 aliphatic heterocycles. The van der Waals surface area contributed by atoms with Crippen LogP contribution in [-0.2, 0) is 24.3 Å². The second-order valence-corrected chi connectivity index (χ2v) is 10.0. The Morgan fingerprint density at radius 3 is 2.58 bits per heavy atom. The Balaban J connectivity index is 1.57. The first-order valence-corrected chi connectivity index (χ1v) is 11.8. The molecule has 0 spiro atoms. The Morgan fingerprint density at radius 1 is 1.16 bits per heavy atom. The molecule has 1 amide bonds. The Bertz CT molecular complexity index is 1070. The number of nitrogens with one attached hydrogen (secondary N) is 1. The number of hydrogen-bond donors (Lipinski definition) is 1. The molecule has 9 heteroatoms. The fraction of sp³-hybridized carbons (Fsp3) is 0.364. The topological polar surface area (TPSA) is 92.8 Å². The van der Waals surface area contributed by atoms with Crippen molar-refractivity contribution in [3.05, 3.63) is 58.6 Å². The molecule has 31 heavy (non-hydrogen) atoms. The van der Waals surface area contributed by atoms with Crippen molar-refractivity contribution in [3.8, 4) is 0 Å². The van der Waals surface area contributed by atoms with E-state index in [4.69, 9.17) is 16.3 Å². The van der Waals surface area contributed by atoms with Crippen molar-refractivity contribution in [1.82, 2.24) is 4.31 Å². The van der Waals surface area contributed by atoms with Gasteiger partial charge in [0.15, 0.2) is 6.61 Å². The number of nitrogens with zero attached hydrogens (tertiary/aromatic N) is 1. The summed E-state index contributed by atoms with van der Waals surface area (Å²) in [6.07, 6.45) is 1.03. The highest BCUT2D eigenvalue weighted by molar-refractivity contribution is 7.89. The highest BCUT2D eigenvalue weighted by Crippen LogP contribution is 2.25. The van der Waals surface area contributed by atoms with Gasteiger partial charge in [-0.1, -0.05) is 23.7 Å². The highest BCUT2D eigenvalue weighted by atomic mass is 35.5. The first-order chi connectivity index (χ1) is 14.7. The molecule has 2 aromatic rings. The predicted molar refractivity (Wildman–Crippen MR) is 118 cm³/mol. The average molecular weight is 465 g/mol. The first kappa shape index (κ1) is 23.2. The SMILES string of the molecule is Cc1ccc(C)c(NC(=O)COC(=O)C2CCCN(S(=O)(=O)c3ccc(Cl)cc3)C2)c1. The van der Waals surface area contributed by atoms with Crippen LogP contribution in [0, 0.1) is 19.8 Å². The van der Waals surface area contributed by atoms with E-state index in [0.29, 0.717) is 30.1 Å². The zero-order chi connectivity index (χ0) is 22.6. The summed E-state index contributed by atoms with van der Waals surface area (Å²) < 4.78 is 32.2. The van der Waals surface area contributed by atoms with Crippen molar-refractivity contribution in [2.24, 2.45) is 5.92 Å². The number of sulfonamides is 1. The summed E-state index contributed by atoms with van der Waals surface area (Å²) in [6.45, 7) is 3.71. The minimum absolute atomic E-state index is 0.0163. The molecule has 1 heterocycles. The van der Waals surface area contributed by atoms with Gasteiger partial charge in [0.2, 0.25) is 10.0 Å². The maximum Gasteiger partial charge on any atom is 0.310 e. The molecular weight excluding hydrogens is 440 g/mol. The van der Waals surface area contributed by atoms with E-state index in [-0.39, 0.29) is 11.4 Å². The molecule has 1 fully saturated rings. The van der Waals surface area contributed by atoms with Crippen LogP contribution in [0.3, 0.4) is 0 Å². The van der Waals surface area contributed by atoms with Crippen molar-refractivity contribution in [2.75, 3.05) is 25.0 Å². The second kappa shape index (κ2) is 9.80. The van der Waals surface area contributed by atoms with E-state index in [2.05, 4.69) is 5.32 Å². The molecule has 1 unspecified atom stereocenters. The third-order valence-electron chi connectivity index (χ3n) is 5.18. The van der Waals surface area contributed by atoms with Gasteiger partial charge in [-0.3, -0.25) is 9.59 Å². The molecule has 0 aliphatic carbocycles. The molecule has 3 rings (SSSR count). The van der Waals surface area contributed by atoms with Crippen LogP contribution in [0.25, 0.3) is 0 Å². The van der Waals surface area contributed by atoms with Gasteiger partial charge in [-0.25, -0.2) is 8.42 Å². The maximum absolute atomic E-state index is 12.9. The van der Waals surface area contributed by atoms with Crippen LogP contribution in [0.2, 0.25) is 5.02 Å². The number of aryl methyl sites for hydroxylation is 2. The minimum Gasteiger partial charge on any atom is -0.455 e. The van der Waals surface area contributed by atoms with Gasteiger partial charge in [0, 0.05) is 23.8 Å². The van der Waals surface area contributed by atoms with Gasteiger partial charge in [-0.15, -0.1) is 0 Å². The van der Waals surface area contributed by atoms with Crippen LogP contribution in [-0.4, -0.2) is 44.3 Å². The summed E-state index contributed by atoms with van der Waals surface area (Å²) in [6, 6.07) is 11.6. The zero-order valence-corrected chi connectivity index (χ0v) is 19.0. The van der Waals surface area contributed by atoms with E-state index in [1.165, 1.54) is 28.6 Å². The smallest absolute Gasteiger partial charge is 0.310 e. The number of piperidine rings is 1. The largest absolute Gasteiger partial charge is 0.455 e. The fourth-order valence-electron chi connectivity index (χ4n) is 3.42. The van der Waals surface area contributed by atoms with Crippen LogP contribution in [0.5, 0.6) is 0 Å². The molecule has 0 radical (unpaired) electrons. The van der Waals surface area contributed by atoms with E-state index in [0.717, 1.165) is 11.1 Å². The highest BCUT2D eigenvalue weighted by Gasteiger charge is 2.34. The van der Waals surface area contributed by atoms with Gasteiger partial charge in [0.1, 0.15) is 0 Å². The van der Waals surface area contributed by atoms with Gasteiger partial charge in [0.05, 0.1) is 10.8 Å². The Labute approximate surface area is 187 Å². The molecule has 0 aromatic heterocycles. The molecule has 0 bridgehead atoms. The Hall–Kier alpha value is -2.42. The lowest BCUT2D eigenvalue weighted by Gasteiger charge is -2.30. The predicted octanol–water partition coefficient (Wildman–Crippen LogP) is 3.54. The number of esters is 1. The standard InChI is InChI=1S/C22H25ClN2O5S/c1-15-5-6-16(2)20(12-15)24-21(26)14-30-22(27)17-4-3-11-25(13-17)31(28,29)19-9-7-18(23)8-10-19/h5-10,12,17H,3-4,11,13-14H2,1-2H3,(H,24,26). The van der Waals surface area contributed by atoms with E-state index in [1.54, 1.807) is 0 Å². The third-order valence-corrected chi connectivity index (χ3v) is 7.31. The van der Waals surface area contributed by atoms with Crippen molar-refractivity contribution in [2.45, 2.75) is 31.6 Å². The third kappa shape index (κ3) is 5.84. The second-order valence-electron chi connectivity index (χ2n) is 7.63. The van der Waals surface area contributed by atoms with E-state index < -0.39 is 34.4 Å². The maximum atomic E-state index is 12.9. The number of ether oxygens (including phenoxy) is 1. The molecule has 1 atom stereocenters. The molecule has 1 saturated heterocycles. The van der Waals surface area contributed by atoms with Crippen LogP contribution >= 0.6 is 11.6 Å². The lowest BCUT2D eigenvalue weighted by atomic mass is 10.00. The van der Waals surface area contributed by atoms with Crippen molar-refractivity contribution in [3.63, 3.8) is 0 Å². The Morgan fingerprint density at radius 2 is 1.87 bits per heavy atom. The normalized spacial score (nSPS) is 17.2. The number of carbonyl (C=O) groups excluding carboxylic acids is 2. The number of hydrogen-bond acceptors (Lipinski definition) is 5. The number of benzene rings is 2. The molecule has 1 aliphatic rings. The number of anilines is 1. The van der Waals surface area contributed by atoms with Crippen molar-refractivity contribution in [1.29, 1.82) is 0 Å². The fourth-order valence-corrected chi connectivity index (χ4v) is 5.07. The van der Waals surface area contributed by atoms with Gasteiger partial charge < -0.3 is 10.1 Å². The number of rotatable bonds is 6. The molecule has 2 aromatic carbocycles. The Kier molecular flexibility index (Phi) is 7.35. The summed E-state index contributed by atoms with van der Waals surface area (Å²) in [5, 5.41) is 3.18. The number of halogens is 1. The van der Waals surface area contributed by atoms with Crippen LogP contribution < -0.4 is 5.32 Å². The summed E-state index contributed by atoms with van der Waals surface area (Å²) in [5.41, 5.74) is 2.57.